The van der Waals surface area contributed by atoms with E-state index in [-0.39, 0.29) is 12.0 Å². The number of benzene rings is 1. The molecule has 2 rings (SSSR count). The molecule has 1 unspecified atom stereocenters. The first kappa shape index (κ1) is 16.7. The van der Waals surface area contributed by atoms with Crippen molar-refractivity contribution in [1.29, 1.82) is 0 Å². The van der Waals surface area contributed by atoms with Gasteiger partial charge in [0.05, 0.1) is 31.3 Å². The van der Waals surface area contributed by atoms with Crippen LogP contribution in [0, 0.1) is 0 Å². The normalized spacial score (nSPS) is 17.5. The first-order chi connectivity index (χ1) is 10.1. The number of halogens is 2. The Labute approximate surface area is 138 Å². The van der Waals surface area contributed by atoms with Gasteiger partial charge in [-0.2, -0.15) is 0 Å². The highest BCUT2D eigenvalue weighted by Gasteiger charge is 2.26. The van der Waals surface area contributed by atoms with Crippen LogP contribution in [-0.4, -0.2) is 43.8 Å². The molecule has 1 aromatic carbocycles. The predicted molar refractivity (Wildman–Crippen MR) is 85.5 cm³/mol. The van der Waals surface area contributed by atoms with E-state index in [4.69, 9.17) is 21.1 Å². The Kier molecular flexibility index (Phi) is 6.48. The van der Waals surface area contributed by atoms with Crippen molar-refractivity contribution < 1.29 is 14.3 Å². The van der Waals surface area contributed by atoms with Gasteiger partial charge in [0.1, 0.15) is 0 Å². The number of rotatable bonds is 5. The summed E-state index contributed by atoms with van der Waals surface area (Å²) >= 11 is 9.58. The molecule has 1 aliphatic rings. The van der Waals surface area contributed by atoms with E-state index in [1.807, 2.05) is 25.1 Å². The van der Waals surface area contributed by atoms with Gasteiger partial charge in [0.25, 0.3) is 0 Å². The molecule has 1 aromatic rings. The maximum Gasteiger partial charge on any atom is 0.307 e. The molecule has 0 amide bonds. The summed E-state index contributed by atoms with van der Waals surface area (Å²) in [5.74, 6) is -0.187. The largest absolute Gasteiger partial charge is 0.466 e. The molecular weight excluding hydrogens is 358 g/mol. The van der Waals surface area contributed by atoms with Gasteiger partial charge in [0.2, 0.25) is 0 Å². The molecule has 1 heterocycles. The maximum atomic E-state index is 11.9. The Morgan fingerprint density at radius 2 is 2.19 bits per heavy atom. The van der Waals surface area contributed by atoms with Crippen LogP contribution in [0.4, 0.5) is 0 Å². The SMILES string of the molecule is CCOC(=O)CC(c1ccc(Br)c(Cl)c1)N1CCOCC1. The zero-order chi connectivity index (χ0) is 15.2. The van der Waals surface area contributed by atoms with E-state index in [9.17, 15) is 4.79 Å². The summed E-state index contributed by atoms with van der Waals surface area (Å²) in [5, 5.41) is 0.648. The van der Waals surface area contributed by atoms with Crippen LogP contribution in [-0.2, 0) is 14.3 Å². The quantitative estimate of drug-likeness (QED) is 0.738. The van der Waals surface area contributed by atoms with Crippen molar-refractivity contribution in [1.82, 2.24) is 4.90 Å². The Hall–Kier alpha value is -0.620. The minimum atomic E-state index is -0.187. The van der Waals surface area contributed by atoms with Crippen molar-refractivity contribution in [2.24, 2.45) is 0 Å². The third kappa shape index (κ3) is 4.68. The van der Waals surface area contributed by atoms with Gasteiger partial charge < -0.3 is 9.47 Å². The number of esters is 1. The molecule has 21 heavy (non-hydrogen) atoms. The summed E-state index contributed by atoms with van der Waals surface area (Å²) in [6.07, 6.45) is 0.325. The summed E-state index contributed by atoms with van der Waals surface area (Å²) in [4.78, 5) is 14.1. The van der Waals surface area contributed by atoms with Gasteiger partial charge >= 0.3 is 5.97 Å². The Balaban J connectivity index is 2.20. The molecule has 1 fully saturated rings. The van der Waals surface area contributed by atoms with Crippen LogP contribution < -0.4 is 0 Å². The molecule has 1 atom stereocenters. The van der Waals surface area contributed by atoms with Crippen molar-refractivity contribution in [3.05, 3.63) is 33.3 Å². The van der Waals surface area contributed by atoms with Gasteiger partial charge in [0, 0.05) is 23.6 Å². The molecule has 0 saturated carbocycles. The highest BCUT2D eigenvalue weighted by atomic mass is 79.9. The molecule has 0 bridgehead atoms. The lowest BCUT2D eigenvalue weighted by atomic mass is 10.0. The second-order valence-corrected chi connectivity index (χ2v) is 6.11. The summed E-state index contributed by atoms with van der Waals surface area (Å²) in [6, 6.07) is 5.79. The fourth-order valence-corrected chi connectivity index (χ4v) is 2.88. The molecule has 4 nitrogen and oxygen atoms in total. The first-order valence-corrected chi connectivity index (χ1v) is 8.21. The van der Waals surface area contributed by atoms with E-state index >= 15 is 0 Å². The van der Waals surface area contributed by atoms with Crippen molar-refractivity contribution in [2.45, 2.75) is 19.4 Å². The molecule has 1 saturated heterocycles. The minimum Gasteiger partial charge on any atom is -0.466 e. The van der Waals surface area contributed by atoms with E-state index in [1.165, 1.54) is 0 Å². The van der Waals surface area contributed by atoms with Gasteiger partial charge in [0.15, 0.2) is 0 Å². The van der Waals surface area contributed by atoms with Gasteiger partial charge in [-0.25, -0.2) is 0 Å². The number of hydrogen-bond acceptors (Lipinski definition) is 4. The number of carbonyl (C=O) groups is 1. The number of hydrogen-bond donors (Lipinski definition) is 0. The van der Waals surface area contributed by atoms with Gasteiger partial charge in [-0.15, -0.1) is 0 Å². The Morgan fingerprint density at radius 3 is 2.81 bits per heavy atom. The second-order valence-electron chi connectivity index (χ2n) is 4.85. The summed E-state index contributed by atoms with van der Waals surface area (Å²) in [7, 11) is 0. The Bertz CT molecular complexity index is 492. The number of nitrogens with zero attached hydrogens (tertiary/aromatic N) is 1. The summed E-state index contributed by atoms with van der Waals surface area (Å²) in [6.45, 7) is 5.19. The first-order valence-electron chi connectivity index (χ1n) is 7.04. The standard InChI is InChI=1S/C15H19BrClNO3/c1-2-21-15(19)10-14(18-5-7-20-8-6-18)11-3-4-12(16)13(17)9-11/h3-4,9,14H,2,5-8,10H2,1H3. The third-order valence-electron chi connectivity index (χ3n) is 3.48. The van der Waals surface area contributed by atoms with Crippen molar-refractivity contribution in [3.8, 4) is 0 Å². The maximum absolute atomic E-state index is 11.9. The number of ether oxygens (including phenoxy) is 2. The second kappa shape index (κ2) is 8.13. The van der Waals surface area contributed by atoms with Crippen LogP contribution in [0.15, 0.2) is 22.7 Å². The van der Waals surface area contributed by atoms with Crippen LogP contribution in [0.1, 0.15) is 24.9 Å². The van der Waals surface area contributed by atoms with Crippen molar-refractivity contribution in [2.75, 3.05) is 32.9 Å². The zero-order valence-electron chi connectivity index (χ0n) is 12.0. The van der Waals surface area contributed by atoms with E-state index in [1.54, 1.807) is 0 Å². The average Bonchev–Trinajstić information content (AvgIpc) is 2.49. The van der Waals surface area contributed by atoms with Crippen LogP contribution in [0.3, 0.4) is 0 Å². The van der Waals surface area contributed by atoms with Gasteiger partial charge in [-0.05, 0) is 40.5 Å². The lowest BCUT2D eigenvalue weighted by Gasteiger charge is -2.34. The smallest absolute Gasteiger partial charge is 0.307 e. The van der Waals surface area contributed by atoms with E-state index in [2.05, 4.69) is 20.8 Å². The molecule has 6 heteroatoms. The molecule has 116 valence electrons. The van der Waals surface area contributed by atoms with Crippen LogP contribution in [0.5, 0.6) is 0 Å². The lowest BCUT2D eigenvalue weighted by Crippen LogP contribution is -2.40. The molecular formula is C15H19BrClNO3. The molecule has 0 N–H and O–H groups in total. The van der Waals surface area contributed by atoms with Crippen LogP contribution in [0.2, 0.25) is 5.02 Å². The molecule has 1 aliphatic heterocycles. The van der Waals surface area contributed by atoms with E-state index in [0.717, 1.165) is 23.1 Å². The van der Waals surface area contributed by atoms with Gasteiger partial charge in [-0.3, -0.25) is 9.69 Å². The summed E-state index contributed by atoms with van der Waals surface area (Å²) in [5.41, 5.74) is 1.03. The fourth-order valence-electron chi connectivity index (χ4n) is 2.44. The average molecular weight is 377 g/mol. The monoisotopic (exact) mass is 375 g/mol. The lowest BCUT2D eigenvalue weighted by molar-refractivity contribution is -0.145. The van der Waals surface area contributed by atoms with Crippen LogP contribution in [0.25, 0.3) is 0 Å². The highest BCUT2D eigenvalue weighted by molar-refractivity contribution is 9.10. The number of carbonyl (C=O) groups excluding carboxylic acids is 1. The Morgan fingerprint density at radius 1 is 1.48 bits per heavy atom. The number of morpholine rings is 1. The topological polar surface area (TPSA) is 38.8 Å². The minimum absolute atomic E-state index is 0.0291. The molecule has 0 aliphatic carbocycles. The zero-order valence-corrected chi connectivity index (χ0v) is 14.3. The van der Waals surface area contributed by atoms with E-state index in [0.29, 0.717) is 31.3 Å². The third-order valence-corrected chi connectivity index (χ3v) is 4.71. The predicted octanol–water partition coefficient (Wildman–Crippen LogP) is 3.43. The van der Waals surface area contributed by atoms with E-state index < -0.39 is 0 Å². The van der Waals surface area contributed by atoms with Crippen LogP contribution >= 0.6 is 27.5 Å². The molecule has 0 radical (unpaired) electrons. The molecule has 0 aromatic heterocycles. The van der Waals surface area contributed by atoms with Crippen molar-refractivity contribution >= 4 is 33.5 Å². The van der Waals surface area contributed by atoms with Gasteiger partial charge in [-0.1, -0.05) is 17.7 Å². The molecule has 0 spiro atoms. The fraction of sp³-hybridized carbons (Fsp3) is 0.533. The highest BCUT2D eigenvalue weighted by Crippen LogP contribution is 2.31. The summed E-state index contributed by atoms with van der Waals surface area (Å²) < 4.78 is 11.3. The van der Waals surface area contributed by atoms with Crippen molar-refractivity contribution in [3.63, 3.8) is 0 Å².